The van der Waals surface area contributed by atoms with Crippen molar-refractivity contribution in [3.8, 4) is 0 Å². The molecule has 1 heterocycles. The number of anilines is 1. The summed E-state index contributed by atoms with van der Waals surface area (Å²) in [6, 6.07) is 4.53. The molecule has 1 aliphatic rings. The van der Waals surface area contributed by atoms with E-state index < -0.39 is 18.1 Å². The highest BCUT2D eigenvalue weighted by atomic mass is 79.9. The first-order chi connectivity index (χ1) is 8.30. The van der Waals surface area contributed by atoms with Gasteiger partial charge in [0.1, 0.15) is 0 Å². The van der Waals surface area contributed by atoms with Crippen molar-refractivity contribution >= 4 is 27.5 Å². The Labute approximate surface area is 111 Å². The largest absolute Gasteiger partial charge is 0.471 e. The Kier molecular flexibility index (Phi) is 3.40. The molecule has 1 amide bonds. The van der Waals surface area contributed by atoms with Crippen LogP contribution in [-0.2, 0) is 11.2 Å². The Morgan fingerprint density at radius 3 is 2.72 bits per heavy atom. The number of benzene rings is 1. The molecule has 0 spiro atoms. The predicted octanol–water partition coefficient (Wildman–Crippen LogP) is 3.68. The molecule has 1 aliphatic heterocycles. The Bertz CT molecular complexity index is 487. The van der Waals surface area contributed by atoms with Gasteiger partial charge in [-0.2, -0.15) is 13.2 Å². The fraction of sp³-hybridized carbons (Fsp3) is 0.417. The quantitative estimate of drug-likeness (QED) is 0.713. The van der Waals surface area contributed by atoms with Crippen LogP contribution in [-0.4, -0.2) is 18.1 Å². The summed E-state index contributed by atoms with van der Waals surface area (Å²) in [7, 11) is 0. The van der Waals surface area contributed by atoms with Crippen molar-refractivity contribution in [3.63, 3.8) is 0 Å². The van der Waals surface area contributed by atoms with Crippen molar-refractivity contribution in [1.29, 1.82) is 0 Å². The number of aryl methyl sites for hydroxylation is 1. The monoisotopic (exact) mass is 321 g/mol. The van der Waals surface area contributed by atoms with Gasteiger partial charge in [-0.1, -0.05) is 15.9 Å². The summed E-state index contributed by atoms with van der Waals surface area (Å²) in [5.41, 5.74) is 1.12. The molecule has 1 aromatic rings. The van der Waals surface area contributed by atoms with Crippen molar-refractivity contribution in [2.75, 3.05) is 4.90 Å². The molecule has 0 saturated heterocycles. The molecule has 0 aliphatic carbocycles. The highest BCUT2D eigenvalue weighted by molar-refractivity contribution is 9.10. The molecule has 1 atom stereocenters. The van der Waals surface area contributed by atoms with Gasteiger partial charge in [-0.15, -0.1) is 0 Å². The number of fused-ring (bicyclic) bond motifs is 1. The minimum atomic E-state index is -4.84. The van der Waals surface area contributed by atoms with Gasteiger partial charge < -0.3 is 4.90 Å². The zero-order chi connectivity index (χ0) is 13.5. The second kappa shape index (κ2) is 4.57. The van der Waals surface area contributed by atoms with E-state index in [0.29, 0.717) is 18.5 Å². The van der Waals surface area contributed by atoms with Gasteiger partial charge >= 0.3 is 12.1 Å². The van der Waals surface area contributed by atoms with Crippen molar-refractivity contribution in [3.05, 3.63) is 28.2 Å². The summed E-state index contributed by atoms with van der Waals surface area (Å²) in [6.07, 6.45) is -3.63. The molecular formula is C12H11BrF3NO. The number of halogens is 4. The standard InChI is InChI=1S/C12H11BrF3NO/c1-7-2-3-8-6-9(13)4-5-10(8)17(7)11(18)12(14,15)16/h4-7H,2-3H2,1H3/t7-/m0/s1. The first kappa shape index (κ1) is 13.4. The first-order valence-corrected chi connectivity index (χ1v) is 6.29. The van der Waals surface area contributed by atoms with Gasteiger partial charge in [0.05, 0.1) is 0 Å². The lowest BCUT2D eigenvalue weighted by molar-refractivity contribution is -0.171. The summed E-state index contributed by atoms with van der Waals surface area (Å²) < 4.78 is 38.5. The predicted molar refractivity (Wildman–Crippen MR) is 65.5 cm³/mol. The summed E-state index contributed by atoms with van der Waals surface area (Å²) in [6.45, 7) is 1.63. The first-order valence-electron chi connectivity index (χ1n) is 5.49. The number of amides is 1. The van der Waals surface area contributed by atoms with Gasteiger partial charge in [0.15, 0.2) is 0 Å². The van der Waals surface area contributed by atoms with E-state index in [1.807, 2.05) is 0 Å². The number of alkyl halides is 3. The molecule has 1 aromatic carbocycles. The van der Waals surface area contributed by atoms with Gasteiger partial charge in [-0.05, 0) is 43.5 Å². The normalized spacial score (nSPS) is 19.6. The van der Waals surface area contributed by atoms with Crippen LogP contribution in [0.1, 0.15) is 18.9 Å². The molecule has 2 rings (SSSR count). The topological polar surface area (TPSA) is 20.3 Å². The van der Waals surface area contributed by atoms with E-state index in [2.05, 4.69) is 15.9 Å². The molecule has 0 radical (unpaired) electrons. The van der Waals surface area contributed by atoms with Crippen LogP contribution < -0.4 is 4.90 Å². The molecule has 0 N–H and O–H groups in total. The van der Waals surface area contributed by atoms with Crippen LogP contribution in [0.3, 0.4) is 0 Å². The molecule has 0 bridgehead atoms. The molecule has 0 saturated carbocycles. The molecule has 2 nitrogen and oxygen atoms in total. The zero-order valence-corrected chi connectivity index (χ0v) is 11.2. The van der Waals surface area contributed by atoms with Gasteiger partial charge in [0, 0.05) is 16.2 Å². The lowest BCUT2D eigenvalue weighted by atomic mass is 9.96. The van der Waals surface area contributed by atoms with Gasteiger partial charge in [0.2, 0.25) is 0 Å². The molecule has 0 aromatic heterocycles. The highest BCUT2D eigenvalue weighted by Crippen LogP contribution is 2.35. The van der Waals surface area contributed by atoms with Crippen molar-refractivity contribution in [2.45, 2.75) is 32.0 Å². The summed E-state index contributed by atoms with van der Waals surface area (Å²) in [5.74, 6) is -1.79. The van der Waals surface area contributed by atoms with Crippen LogP contribution in [0.25, 0.3) is 0 Å². The smallest absolute Gasteiger partial charge is 0.302 e. The Morgan fingerprint density at radius 2 is 2.11 bits per heavy atom. The molecule has 18 heavy (non-hydrogen) atoms. The van der Waals surface area contributed by atoms with Crippen LogP contribution in [0, 0.1) is 0 Å². The van der Waals surface area contributed by atoms with Crippen LogP contribution >= 0.6 is 15.9 Å². The van der Waals surface area contributed by atoms with Gasteiger partial charge in [0.25, 0.3) is 0 Å². The third-order valence-corrected chi connectivity index (χ3v) is 3.53. The maximum absolute atomic E-state index is 12.6. The summed E-state index contributed by atoms with van der Waals surface area (Å²) >= 11 is 3.28. The highest BCUT2D eigenvalue weighted by Gasteiger charge is 2.45. The lowest BCUT2D eigenvalue weighted by Crippen LogP contribution is -2.48. The summed E-state index contributed by atoms with van der Waals surface area (Å²) in [5, 5.41) is 0. The van der Waals surface area contributed by atoms with E-state index in [9.17, 15) is 18.0 Å². The third-order valence-electron chi connectivity index (χ3n) is 3.03. The average Bonchev–Trinajstić information content (AvgIpc) is 2.27. The van der Waals surface area contributed by atoms with Crippen LogP contribution in [0.15, 0.2) is 22.7 Å². The maximum atomic E-state index is 12.6. The zero-order valence-electron chi connectivity index (χ0n) is 9.59. The van der Waals surface area contributed by atoms with Crippen molar-refractivity contribution < 1.29 is 18.0 Å². The van der Waals surface area contributed by atoms with Crippen LogP contribution in [0.2, 0.25) is 0 Å². The number of carbonyl (C=O) groups is 1. The molecule has 0 fully saturated rings. The number of hydrogen-bond acceptors (Lipinski definition) is 1. The molecule has 6 heteroatoms. The fourth-order valence-electron chi connectivity index (χ4n) is 2.17. The van der Waals surface area contributed by atoms with Crippen LogP contribution in [0.4, 0.5) is 18.9 Å². The van der Waals surface area contributed by atoms with E-state index in [-0.39, 0.29) is 0 Å². The SMILES string of the molecule is C[C@H]1CCc2cc(Br)ccc2N1C(=O)C(F)(F)F. The van der Waals surface area contributed by atoms with E-state index in [1.165, 1.54) is 0 Å². The van der Waals surface area contributed by atoms with E-state index in [1.54, 1.807) is 25.1 Å². The maximum Gasteiger partial charge on any atom is 0.471 e. The van der Waals surface area contributed by atoms with E-state index >= 15 is 0 Å². The fourth-order valence-corrected chi connectivity index (χ4v) is 2.57. The third kappa shape index (κ3) is 2.39. The summed E-state index contributed by atoms with van der Waals surface area (Å²) in [4.78, 5) is 12.3. The molecule has 0 unspecified atom stereocenters. The van der Waals surface area contributed by atoms with Gasteiger partial charge in [-0.3, -0.25) is 4.79 Å². The average molecular weight is 322 g/mol. The van der Waals surface area contributed by atoms with E-state index in [0.717, 1.165) is 14.9 Å². The van der Waals surface area contributed by atoms with E-state index in [4.69, 9.17) is 0 Å². The van der Waals surface area contributed by atoms with Gasteiger partial charge in [-0.25, -0.2) is 0 Å². The number of carbonyl (C=O) groups excluding carboxylic acids is 1. The minimum Gasteiger partial charge on any atom is -0.302 e. The molecule has 98 valence electrons. The van der Waals surface area contributed by atoms with Crippen LogP contribution in [0.5, 0.6) is 0 Å². The number of hydrogen-bond donors (Lipinski definition) is 0. The number of rotatable bonds is 0. The second-order valence-corrected chi connectivity index (χ2v) is 5.25. The second-order valence-electron chi connectivity index (χ2n) is 4.33. The minimum absolute atomic E-state index is 0.360. The number of nitrogens with zero attached hydrogens (tertiary/aromatic N) is 1. The van der Waals surface area contributed by atoms with Crippen molar-refractivity contribution in [1.82, 2.24) is 0 Å². The van der Waals surface area contributed by atoms with Crippen molar-refractivity contribution in [2.24, 2.45) is 0 Å². The molecular weight excluding hydrogens is 311 g/mol. The Balaban J connectivity index is 2.46. The Hall–Kier alpha value is -1.04. The Morgan fingerprint density at radius 1 is 1.44 bits per heavy atom. The lowest BCUT2D eigenvalue weighted by Gasteiger charge is -2.35.